The normalized spacial score (nSPS) is 14.4. The van der Waals surface area contributed by atoms with E-state index in [1.807, 2.05) is 32.9 Å². The van der Waals surface area contributed by atoms with Crippen molar-refractivity contribution in [3.05, 3.63) is 45.8 Å². The van der Waals surface area contributed by atoms with E-state index >= 15 is 0 Å². The van der Waals surface area contributed by atoms with Crippen LogP contribution in [0.2, 0.25) is 0 Å². The number of rotatable bonds is 4. The molecule has 0 amide bonds. The number of nitrogens with two attached hydrogens (primary N) is 1. The maximum Gasteiger partial charge on any atom is 0.256 e. The highest BCUT2D eigenvalue weighted by Crippen LogP contribution is 2.37. The average molecular weight is 341 g/mol. The van der Waals surface area contributed by atoms with Crippen LogP contribution in [-0.4, -0.2) is 11.0 Å². The lowest BCUT2D eigenvalue weighted by Gasteiger charge is -2.19. The maximum absolute atomic E-state index is 6.10. The van der Waals surface area contributed by atoms with E-state index in [9.17, 15) is 0 Å². The van der Waals surface area contributed by atoms with Gasteiger partial charge in [0.2, 0.25) is 0 Å². The number of oxazole rings is 1. The fourth-order valence-electron chi connectivity index (χ4n) is 1.73. The third-order valence-electron chi connectivity index (χ3n) is 2.91. The molecule has 5 heteroatoms. The number of aryl methyl sites for hydroxylation is 2. The summed E-state index contributed by atoms with van der Waals surface area (Å²) in [6.07, 6.45) is 0. The van der Waals surface area contributed by atoms with Crippen molar-refractivity contribution in [2.24, 2.45) is 5.73 Å². The van der Waals surface area contributed by atoms with Gasteiger partial charge in [-0.05, 0) is 38.5 Å². The monoisotopic (exact) mass is 340 g/mol. The van der Waals surface area contributed by atoms with Crippen molar-refractivity contribution in [1.82, 2.24) is 4.98 Å². The van der Waals surface area contributed by atoms with Crippen molar-refractivity contribution in [3.63, 3.8) is 0 Å². The highest BCUT2D eigenvalue weighted by Gasteiger charge is 2.21. The molecule has 19 heavy (non-hydrogen) atoms. The lowest BCUT2D eigenvalue weighted by Crippen LogP contribution is -2.22. The smallest absolute Gasteiger partial charge is 0.256 e. The second-order valence-electron chi connectivity index (χ2n) is 4.57. The SMILES string of the molecule is Cc1nc(SC(c2ccc(Br)cc2)C(C)N)oc1C. The molecule has 1 aromatic heterocycles. The van der Waals surface area contributed by atoms with E-state index in [1.165, 1.54) is 5.56 Å². The third kappa shape index (κ3) is 3.61. The molecule has 3 nitrogen and oxygen atoms in total. The maximum atomic E-state index is 6.10. The predicted octanol–water partition coefficient (Wildman–Crippen LogP) is 4.23. The van der Waals surface area contributed by atoms with Crippen LogP contribution in [0.3, 0.4) is 0 Å². The van der Waals surface area contributed by atoms with E-state index in [2.05, 4.69) is 33.0 Å². The molecule has 2 aromatic rings. The molecule has 0 aliphatic carbocycles. The van der Waals surface area contributed by atoms with Crippen molar-refractivity contribution in [3.8, 4) is 0 Å². The van der Waals surface area contributed by atoms with E-state index in [0.29, 0.717) is 5.22 Å². The van der Waals surface area contributed by atoms with E-state index in [0.717, 1.165) is 15.9 Å². The summed E-state index contributed by atoms with van der Waals surface area (Å²) in [4.78, 5) is 4.41. The Morgan fingerprint density at radius 2 is 1.89 bits per heavy atom. The molecule has 2 atom stereocenters. The van der Waals surface area contributed by atoms with Crippen LogP contribution in [0.4, 0.5) is 0 Å². The minimum absolute atomic E-state index is 0.0127. The Morgan fingerprint density at radius 1 is 1.26 bits per heavy atom. The van der Waals surface area contributed by atoms with Gasteiger partial charge in [-0.25, -0.2) is 4.98 Å². The second kappa shape index (κ2) is 6.11. The van der Waals surface area contributed by atoms with Gasteiger partial charge in [-0.3, -0.25) is 0 Å². The topological polar surface area (TPSA) is 52.0 Å². The molecule has 2 unspecified atom stereocenters. The summed E-state index contributed by atoms with van der Waals surface area (Å²) >= 11 is 5.02. The molecule has 0 bridgehead atoms. The van der Waals surface area contributed by atoms with Gasteiger partial charge < -0.3 is 10.2 Å². The number of thioether (sulfide) groups is 1. The first-order valence-electron chi connectivity index (χ1n) is 6.09. The fraction of sp³-hybridized carbons (Fsp3) is 0.357. The number of hydrogen-bond donors (Lipinski definition) is 1. The van der Waals surface area contributed by atoms with Gasteiger partial charge in [0.25, 0.3) is 5.22 Å². The molecule has 0 fully saturated rings. The lowest BCUT2D eigenvalue weighted by molar-refractivity contribution is 0.429. The Bertz CT molecular complexity index is 532. The van der Waals surface area contributed by atoms with Gasteiger partial charge in [0.15, 0.2) is 0 Å². The zero-order chi connectivity index (χ0) is 14.0. The minimum atomic E-state index is 0.0127. The molecule has 0 aliphatic heterocycles. The van der Waals surface area contributed by atoms with Crippen molar-refractivity contribution in [2.75, 3.05) is 0 Å². The zero-order valence-corrected chi connectivity index (χ0v) is 13.6. The Kier molecular flexibility index (Phi) is 4.71. The molecular weight excluding hydrogens is 324 g/mol. The number of nitrogens with zero attached hydrogens (tertiary/aromatic N) is 1. The predicted molar refractivity (Wildman–Crippen MR) is 82.4 cm³/mol. The number of halogens is 1. The first-order valence-corrected chi connectivity index (χ1v) is 7.76. The van der Waals surface area contributed by atoms with Gasteiger partial charge in [0.05, 0.1) is 10.9 Å². The molecule has 0 saturated heterocycles. The van der Waals surface area contributed by atoms with Crippen molar-refractivity contribution >= 4 is 27.7 Å². The number of hydrogen-bond acceptors (Lipinski definition) is 4. The Labute approximate surface area is 126 Å². The van der Waals surface area contributed by atoms with Gasteiger partial charge in [-0.2, -0.15) is 0 Å². The lowest BCUT2D eigenvalue weighted by atomic mass is 10.1. The third-order valence-corrected chi connectivity index (χ3v) is 4.77. The number of benzene rings is 1. The summed E-state index contributed by atoms with van der Waals surface area (Å²) in [5.41, 5.74) is 8.21. The summed E-state index contributed by atoms with van der Waals surface area (Å²) in [6.45, 7) is 5.87. The fourth-order valence-corrected chi connectivity index (χ4v) is 3.09. The molecule has 0 spiro atoms. The molecular formula is C14H17BrN2OS. The Balaban J connectivity index is 2.23. The van der Waals surface area contributed by atoms with Gasteiger partial charge in [-0.15, -0.1) is 0 Å². The molecule has 1 heterocycles. The van der Waals surface area contributed by atoms with Gasteiger partial charge in [-0.1, -0.05) is 39.8 Å². The average Bonchev–Trinajstić information content (AvgIpc) is 2.67. The molecule has 2 N–H and O–H groups in total. The van der Waals surface area contributed by atoms with E-state index in [4.69, 9.17) is 10.2 Å². The van der Waals surface area contributed by atoms with Crippen molar-refractivity contribution in [1.29, 1.82) is 0 Å². The molecule has 0 aliphatic rings. The summed E-state index contributed by atoms with van der Waals surface area (Å²) in [5, 5.41) is 0.811. The van der Waals surface area contributed by atoms with E-state index in [-0.39, 0.29) is 11.3 Å². The van der Waals surface area contributed by atoms with Crippen LogP contribution in [0.15, 0.2) is 38.4 Å². The molecule has 1 aromatic carbocycles. The van der Waals surface area contributed by atoms with Crippen LogP contribution in [0.25, 0.3) is 0 Å². The number of aromatic nitrogens is 1. The first-order chi connectivity index (χ1) is 8.97. The molecule has 2 rings (SSSR count). The highest BCUT2D eigenvalue weighted by atomic mass is 79.9. The quantitative estimate of drug-likeness (QED) is 0.846. The standard InChI is InChI=1S/C14H17BrN2OS/c1-8(16)13(11-4-6-12(15)7-5-11)19-14-17-9(2)10(3)18-14/h4-8,13H,16H2,1-3H3. The van der Waals surface area contributed by atoms with Crippen LogP contribution >= 0.6 is 27.7 Å². The van der Waals surface area contributed by atoms with Crippen LogP contribution in [0.5, 0.6) is 0 Å². The van der Waals surface area contributed by atoms with Crippen LogP contribution < -0.4 is 5.73 Å². The van der Waals surface area contributed by atoms with Gasteiger partial charge >= 0.3 is 0 Å². The van der Waals surface area contributed by atoms with E-state index < -0.39 is 0 Å². The first kappa shape index (κ1) is 14.6. The summed E-state index contributed by atoms with van der Waals surface area (Å²) in [5.74, 6) is 0.863. The summed E-state index contributed by atoms with van der Waals surface area (Å²) < 4.78 is 6.69. The van der Waals surface area contributed by atoms with Crippen LogP contribution in [-0.2, 0) is 0 Å². The van der Waals surface area contributed by atoms with E-state index in [1.54, 1.807) is 11.8 Å². The van der Waals surface area contributed by atoms with Gasteiger partial charge in [0.1, 0.15) is 5.76 Å². The molecule has 102 valence electrons. The van der Waals surface area contributed by atoms with Crippen molar-refractivity contribution in [2.45, 2.75) is 37.3 Å². The minimum Gasteiger partial charge on any atom is -0.437 e. The Hall–Kier alpha value is -0.780. The Morgan fingerprint density at radius 3 is 2.37 bits per heavy atom. The molecule has 0 radical (unpaired) electrons. The zero-order valence-electron chi connectivity index (χ0n) is 11.2. The largest absolute Gasteiger partial charge is 0.437 e. The van der Waals surface area contributed by atoms with Gasteiger partial charge in [0, 0.05) is 10.5 Å². The van der Waals surface area contributed by atoms with Crippen molar-refractivity contribution < 1.29 is 4.42 Å². The summed E-state index contributed by atoms with van der Waals surface area (Å²) in [6, 6.07) is 8.22. The summed E-state index contributed by atoms with van der Waals surface area (Å²) in [7, 11) is 0. The second-order valence-corrected chi connectivity index (χ2v) is 6.58. The highest BCUT2D eigenvalue weighted by molar-refractivity contribution is 9.10. The van der Waals surface area contributed by atoms with Crippen LogP contribution in [0, 0.1) is 13.8 Å². The van der Waals surface area contributed by atoms with Crippen LogP contribution in [0.1, 0.15) is 29.2 Å². The molecule has 0 saturated carbocycles.